The third kappa shape index (κ3) is 5.44. The first-order valence-corrected chi connectivity index (χ1v) is 15.8. The zero-order valence-corrected chi connectivity index (χ0v) is 26.3. The molecule has 0 N–H and O–H groups in total. The van der Waals surface area contributed by atoms with Crippen LogP contribution < -0.4 is 0 Å². The van der Waals surface area contributed by atoms with Gasteiger partial charge in [0.25, 0.3) is 0 Å². The van der Waals surface area contributed by atoms with E-state index in [0.29, 0.717) is 17.5 Å². The van der Waals surface area contributed by atoms with Crippen molar-refractivity contribution < 1.29 is 4.42 Å². The summed E-state index contributed by atoms with van der Waals surface area (Å²) in [6, 6.07) is 45.7. The number of hydrogen-bond donors (Lipinski definition) is 0. The van der Waals surface area contributed by atoms with Gasteiger partial charge in [-0.1, -0.05) is 133 Å². The van der Waals surface area contributed by atoms with E-state index in [-0.39, 0.29) is 0 Å². The molecule has 0 saturated carbocycles. The lowest BCUT2D eigenvalue weighted by molar-refractivity contribution is 0.669. The van der Waals surface area contributed by atoms with E-state index in [1.807, 2.05) is 54.6 Å². The van der Waals surface area contributed by atoms with Crippen LogP contribution in [0.1, 0.15) is 12.5 Å². The fourth-order valence-electron chi connectivity index (χ4n) is 6.13. The predicted octanol–water partition coefficient (Wildman–Crippen LogP) is 11.2. The molecule has 48 heavy (non-hydrogen) atoms. The molecule has 2 heterocycles. The number of fused-ring (bicyclic) bond motifs is 4. The smallest absolute Gasteiger partial charge is 0.164 e. The maximum atomic E-state index is 6.21. The van der Waals surface area contributed by atoms with Gasteiger partial charge < -0.3 is 4.42 Å². The molecule has 0 unspecified atom stereocenters. The Morgan fingerprint density at radius 2 is 1.23 bits per heavy atom. The second-order valence-corrected chi connectivity index (χ2v) is 11.7. The van der Waals surface area contributed by atoms with E-state index in [9.17, 15) is 0 Å². The van der Waals surface area contributed by atoms with Gasteiger partial charge in [0.2, 0.25) is 0 Å². The molecule has 0 radical (unpaired) electrons. The fraction of sp³-hybridized carbons (Fsp3) is 0.0227. The monoisotopic (exact) mass is 615 g/mol. The van der Waals surface area contributed by atoms with E-state index in [1.165, 1.54) is 5.39 Å². The van der Waals surface area contributed by atoms with Crippen molar-refractivity contribution in [3.8, 4) is 57.6 Å². The van der Waals surface area contributed by atoms with Crippen LogP contribution in [0.25, 0.3) is 83.6 Å². The summed E-state index contributed by atoms with van der Waals surface area (Å²) in [5, 5.41) is 4.32. The maximum absolute atomic E-state index is 6.21. The molecule has 4 nitrogen and oxygen atoms in total. The lowest BCUT2D eigenvalue weighted by Crippen LogP contribution is -2.00. The number of hydrogen-bond acceptors (Lipinski definition) is 4. The Kier molecular flexibility index (Phi) is 7.41. The lowest BCUT2D eigenvalue weighted by atomic mass is 10.00. The number of terminal acetylenes is 1. The Morgan fingerprint density at radius 1 is 0.604 bits per heavy atom. The Balaban J connectivity index is 1.22. The van der Waals surface area contributed by atoms with Crippen molar-refractivity contribution in [3.63, 3.8) is 0 Å². The average Bonchev–Trinajstić information content (AvgIpc) is 3.54. The van der Waals surface area contributed by atoms with Gasteiger partial charge in [0.05, 0.1) is 0 Å². The third-order valence-electron chi connectivity index (χ3n) is 8.64. The average molecular weight is 616 g/mol. The summed E-state index contributed by atoms with van der Waals surface area (Å²) in [7, 11) is 0. The lowest BCUT2D eigenvalue weighted by Gasteiger charge is -2.10. The molecule has 0 aliphatic heterocycles. The molecule has 0 saturated heterocycles. The van der Waals surface area contributed by atoms with Crippen molar-refractivity contribution in [2.75, 3.05) is 0 Å². The number of furan rings is 1. The number of aromatic nitrogens is 3. The van der Waals surface area contributed by atoms with E-state index >= 15 is 0 Å². The van der Waals surface area contributed by atoms with Crippen molar-refractivity contribution >= 4 is 38.3 Å². The highest BCUT2D eigenvalue weighted by atomic mass is 16.3. The van der Waals surface area contributed by atoms with Gasteiger partial charge >= 0.3 is 0 Å². The standard InChI is InChI=1S/C44H29N3O/c1-3-4-5-11-29(2)30-18-20-32(21-19-30)33-22-25-34(26-23-33)42-45-43(36-27-24-31-12-6-7-13-35(31)28-36)47-44(46-42)38-15-10-17-40-41(38)37-14-8-9-16-39(37)48-40/h1,4-28H,2H3/b5-4-,29-11+. The van der Waals surface area contributed by atoms with Crippen LogP contribution in [0.15, 0.2) is 156 Å². The van der Waals surface area contributed by atoms with Crippen molar-refractivity contribution in [2.45, 2.75) is 6.92 Å². The Labute approximate surface area is 278 Å². The minimum Gasteiger partial charge on any atom is -0.456 e. The predicted molar refractivity (Wildman–Crippen MR) is 198 cm³/mol. The van der Waals surface area contributed by atoms with Gasteiger partial charge in [-0.25, -0.2) is 15.0 Å². The third-order valence-corrected chi connectivity index (χ3v) is 8.64. The molecular formula is C44H29N3O. The molecular weight excluding hydrogens is 587 g/mol. The first kappa shape index (κ1) is 28.9. The Hall–Kier alpha value is -6.57. The normalized spacial score (nSPS) is 11.9. The zero-order valence-electron chi connectivity index (χ0n) is 26.3. The van der Waals surface area contributed by atoms with Gasteiger partial charge in [-0.15, -0.1) is 6.42 Å². The SMILES string of the molecule is C#C/C=C\C=C(/C)c1ccc(-c2ccc(-c3nc(-c4ccc5ccccc5c4)nc(-c4cccc5oc6ccccc6c45)n3)cc2)cc1. The molecule has 0 fully saturated rings. The highest BCUT2D eigenvalue weighted by molar-refractivity contribution is 6.11. The number of allylic oxidation sites excluding steroid dienone is 4. The Bertz CT molecular complexity index is 2570. The minimum absolute atomic E-state index is 0.598. The van der Waals surface area contributed by atoms with Crippen LogP contribution in [0.5, 0.6) is 0 Å². The molecule has 0 amide bonds. The zero-order chi connectivity index (χ0) is 32.5. The molecule has 0 atom stereocenters. The van der Waals surface area contributed by atoms with Crippen molar-refractivity contribution in [2.24, 2.45) is 0 Å². The van der Waals surface area contributed by atoms with Gasteiger partial charge in [-0.3, -0.25) is 0 Å². The van der Waals surface area contributed by atoms with Gasteiger partial charge in [-0.05, 0) is 64.2 Å². The van der Waals surface area contributed by atoms with E-state index in [0.717, 1.165) is 66.3 Å². The summed E-state index contributed by atoms with van der Waals surface area (Å²) in [6.45, 7) is 2.08. The van der Waals surface area contributed by atoms with Crippen LogP contribution in [-0.4, -0.2) is 15.0 Å². The van der Waals surface area contributed by atoms with Crippen LogP contribution in [0.2, 0.25) is 0 Å². The van der Waals surface area contributed by atoms with Crippen LogP contribution in [-0.2, 0) is 0 Å². The highest BCUT2D eigenvalue weighted by Crippen LogP contribution is 2.37. The molecule has 8 rings (SSSR count). The Morgan fingerprint density at radius 3 is 2.02 bits per heavy atom. The van der Waals surface area contributed by atoms with Crippen LogP contribution in [0, 0.1) is 12.3 Å². The number of para-hydroxylation sites is 1. The summed E-state index contributed by atoms with van der Waals surface area (Å²) in [5.74, 6) is 4.34. The summed E-state index contributed by atoms with van der Waals surface area (Å²) in [6.07, 6.45) is 10.9. The second kappa shape index (κ2) is 12.3. The van der Waals surface area contributed by atoms with E-state index in [4.69, 9.17) is 25.8 Å². The summed E-state index contributed by atoms with van der Waals surface area (Å²) < 4.78 is 6.21. The molecule has 0 aliphatic rings. The van der Waals surface area contributed by atoms with Crippen molar-refractivity contribution in [3.05, 3.63) is 157 Å². The van der Waals surface area contributed by atoms with Crippen LogP contribution >= 0.6 is 0 Å². The van der Waals surface area contributed by atoms with E-state index < -0.39 is 0 Å². The topological polar surface area (TPSA) is 51.8 Å². The molecule has 8 aromatic rings. The van der Waals surface area contributed by atoms with Gasteiger partial charge in [0.15, 0.2) is 17.5 Å². The summed E-state index contributed by atoms with van der Waals surface area (Å²) >= 11 is 0. The number of nitrogens with zero attached hydrogens (tertiary/aromatic N) is 3. The van der Waals surface area contributed by atoms with Gasteiger partial charge in [-0.2, -0.15) is 0 Å². The van der Waals surface area contributed by atoms with Crippen LogP contribution in [0.4, 0.5) is 0 Å². The summed E-state index contributed by atoms with van der Waals surface area (Å²) in [4.78, 5) is 15.2. The first-order valence-electron chi connectivity index (χ1n) is 15.8. The van der Waals surface area contributed by atoms with Crippen LogP contribution in [0.3, 0.4) is 0 Å². The van der Waals surface area contributed by atoms with Crippen molar-refractivity contribution in [1.29, 1.82) is 0 Å². The van der Waals surface area contributed by atoms with Gasteiger partial charge in [0.1, 0.15) is 11.2 Å². The number of benzene rings is 6. The van der Waals surface area contributed by atoms with E-state index in [2.05, 4.69) is 104 Å². The molecule has 6 aromatic carbocycles. The molecule has 4 heteroatoms. The first-order chi connectivity index (χ1) is 23.6. The molecule has 226 valence electrons. The minimum atomic E-state index is 0.598. The van der Waals surface area contributed by atoms with Gasteiger partial charge in [0, 0.05) is 27.5 Å². The number of rotatable bonds is 6. The summed E-state index contributed by atoms with van der Waals surface area (Å²) in [5.41, 5.74) is 8.91. The second-order valence-electron chi connectivity index (χ2n) is 11.7. The quantitative estimate of drug-likeness (QED) is 0.138. The molecule has 0 aliphatic carbocycles. The van der Waals surface area contributed by atoms with E-state index in [1.54, 1.807) is 6.08 Å². The van der Waals surface area contributed by atoms with Crippen molar-refractivity contribution in [1.82, 2.24) is 15.0 Å². The largest absolute Gasteiger partial charge is 0.456 e. The fourth-order valence-corrected chi connectivity index (χ4v) is 6.13. The highest BCUT2D eigenvalue weighted by Gasteiger charge is 2.18. The maximum Gasteiger partial charge on any atom is 0.164 e. The molecule has 2 aromatic heterocycles. The molecule has 0 bridgehead atoms. The molecule has 0 spiro atoms.